The molecule has 0 spiro atoms. The standard InChI is InChI=1S/C18H25F3N2O3.H2S/c1-17(2,3)26-16(24)23-7-5-12(6-8-23)9-13-10-14(18(19,20)21)22-15(11-13)25-4;/h10-12H,5-9H2,1-4H3;1H2. The van der Waals surface area contributed by atoms with E-state index in [-0.39, 0.29) is 31.4 Å². The van der Waals surface area contributed by atoms with Crippen LogP contribution < -0.4 is 4.74 Å². The molecule has 154 valence electrons. The van der Waals surface area contributed by atoms with Gasteiger partial charge in [-0.3, -0.25) is 0 Å². The Balaban J connectivity index is 0.00000364. The average Bonchev–Trinajstić information content (AvgIpc) is 2.52. The van der Waals surface area contributed by atoms with Crippen LogP contribution in [0, 0.1) is 5.92 Å². The van der Waals surface area contributed by atoms with Crippen molar-refractivity contribution in [2.45, 2.75) is 51.8 Å². The Morgan fingerprint density at radius 2 is 1.81 bits per heavy atom. The first-order valence-electron chi connectivity index (χ1n) is 8.58. The van der Waals surface area contributed by atoms with Crippen molar-refractivity contribution in [3.8, 4) is 5.88 Å². The largest absolute Gasteiger partial charge is 0.481 e. The maximum atomic E-state index is 13.0. The molecular formula is C18H27F3N2O3S. The van der Waals surface area contributed by atoms with Crippen LogP contribution in [0.15, 0.2) is 12.1 Å². The van der Waals surface area contributed by atoms with Crippen LogP contribution in [-0.2, 0) is 17.3 Å². The van der Waals surface area contributed by atoms with Crippen molar-refractivity contribution >= 4 is 19.6 Å². The Labute approximate surface area is 164 Å². The number of carbonyl (C=O) groups excluding carboxylic acids is 1. The van der Waals surface area contributed by atoms with Crippen LogP contribution in [0.5, 0.6) is 5.88 Å². The molecule has 1 aromatic heterocycles. The van der Waals surface area contributed by atoms with E-state index in [0.717, 1.165) is 6.07 Å². The van der Waals surface area contributed by atoms with Crippen LogP contribution in [0.4, 0.5) is 18.0 Å². The van der Waals surface area contributed by atoms with Gasteiger partial charge in [0.2, 0.25) is 5.88 Å². The molecule has 1 aliphatic heterocycles. The number of amides is 1. The van der Waals surface area contributed by atoms with Gasteiger partial charge in [0.25, 0.3) is 0 Å². The second-order valence-electron chi connectivity index (χ2n) is 7.52. The third kappa shape index (κ3) is 7.12. The minimum Gasteiger partial charge on any atom is -0.481 e. The molecule has 5 nitrogen and oxygen atoms in total. The highest BCUT2D eigenvalue weighted by atomic mass is 32.1. The number of carbonyl (C=O) groups is 1. The molecule has 1 aromatic rings. The van der Waals surface area contributed by atoms with E-state index in [0.29, 0.717) is 37.9 Å². The maximum Gasteiger partial charge on any atom is 0.433 e. The number of aromatic nitrogens is 1. The van der Waals surface area contributed by atoms with Crippen molar-refractivity contribution in [3.05, 3.63) is 23.4 Å². The fourth-order valence-corrected chi connectivity index (χ4v) is 2.91. The van der Waals surface area contributed by atoms with Gasteiger partial charge in [0.1, 0.15) is 11.3 Å². The Kier molecular flexibility index (Phi) is 7.83. The van der Waals surface area contributed by atoms with Gasteiger partial charge in [-0.2, -0.15) is 26.7 Å². The van der Waals surface area contributed by atoms with Crippen molar-refractivity contribution in [2.24, 2.45) is 5.92 Å². The normalized spacial score (nSPS) is 15.9. The van der Waals surface area contributed by atoms with Gasteiger partial charge in [0.15, 0.2) is 0 Å². The van der Waals surface area contributed by atoms with Crippen LogP contribution >= 0.6 is 13.5 Å². The fraction of sp³-hybridized carbons (Fsp3) is 0.667. The van der Waals surface area contributed by atoms with Gasteiger partial charge in [0, 0.05) is 19.2 Å². The Bertz CT molecular complexity index is 640. The lowest BCUT2D eigenvalue weighted by atomic mass is 9.90. The predicted molar refractivity (Wildman–Crippen MR) is 100 cm³/mol. The van der Waals surface area contributed by atoms with Crippen molar-refractivity contribution < 1.29 is 27.4 Å². The molecule has 1 amide bonds. The number of rotatable bonds is 3. The third-order valence-corrected chi connectivity index (χ3v) is 4.15. The van der Waals surface area contributed by atoms with Crippen LogP contribution in [0.2, 0.25) is 0 Å². The van der Waals surface area contributed by atoms with Gasteiger partial charge < -0.3 is 14.4 Å². The van der Waals surface area contributed by atoms with Crippen molar-refractivity contribution in [1.82, 2.24) is 9.88 Å². The van der Waals surface area contributed by atoms with Gasteiger partial charge in [0.05, 0.1) is 7.11 Å². The Morgan fingerprint density at radius 3 is 2.30 bits per heavy atom. The van der Waals surface area contributed by atoms with Crippen LogP contribution in [0.3, 0.4) is 0 Å². The topological polar surface area (TPSA) is 51.7 Å². The van der Waals surface area contributed by atoms with Crippen molar-refractivity contribution in [2.75, 3.05) is 20.2 Å². The fourth-order valence-electron chi connectivity index (χ4n) is 2.91. The minimum atomic E-state index is -4.51. The monoisotopic (exact) mass is 408 g/mol. The molecule has 0 aliphatic carbocycles. The average molecular weight is 408 g/mol. The van der Waals surface area contributed by atoms with Crippen molar-refractivity contribution in [1.29, 1.82) is 0 Å². The van der Waals surface area contributed by atoms with Crippen LogP contribution in [0.25, 0.3) is 0 Å². The van der Waals surface area contributed by atoms with Gasteiger partial charge in [-0.1, -0.05) is 0 Å². The minimum absolute atomic E-state index is 0. The number of piperidine rings is 1. The number of halogens is 3. The molecular weight excluding hydrogens is 381 g/mol. The summed E-state index contributed by atoms with van der Waals surface area (Å²) in [6, 6.07) is 2.61. The lowest BCUT2D eigenvalue weighted by molar-refractivity contribution is -0.141. The second kappa shape index (κ2) is 9.03. The van der Waals surface area contributed by atoms with Gasteiger partial charge >= 0.3 is 12.3 Å². The molecule has 0 bridgehead atoms. The number of methoxy groups -OCH3 is 1. The highest BCUT2D eigenvalue weighted by Crippen LogP contribution is 2.31. The summed E-state index contributed by atoms with van der Waals surface area (Å²) < 4.78 is 49.1. The number of ether oxygens (including phenoxy) is 2. The molecule has 0 N–H and O–H groups in total. The number of hydrogen-bond donors (Lipinski definition) is 0. The quantitative estimate of drug-likeness (QED) is 0.743. The van der Waals surface area contributed by atoms with E-state index >= 15 is 0 Å². The summed E-state index contributed by atoms with van der Waals surface area (Å²) in [7, 11) is 1.30. The first-order valence-corrected chi connectivity index (χ1v) is 8.58. The SMILES string of the molecule is COc1cc(CC2CCN(C(=O)OC(C)(C)C)CC2)cc(C(F)(F)F)n1.S. The molecule has 1 aliphatic rings. The highest BCUT2D eigenvalue weighted by Gasteiger charge is 2.34. The first-order chi connectivity index (χ1) is 12.0. The summed E-state index contributed by atoms with van der Waals surface area (Å²) in [5, 5.41) is 0. The molecule has 1 fully saturated rings. The van der Waals surface area contributed by atoms with E-state index in [1.165, 1.54) is 13.2 Å². The van der Waals surface area contributed by atoms with Gasteiger partial charge in [-0.15, -0.1) is 0 Å². The number of nitrogens with zero attached hydrogens (tertiary/aromatic N) is 2. The molecule has 1 saturated heterocycles. The zero-order valence-electron chi connectivity index (χ0n) is 16.0. The van der Waals surface area contributed by atoms with E-state index in [9.17, 15) is 18.0 Å². The van der Waals surface area contributed by atoms with E-state index in [1.54, 1.807) is 4.90 Å². The highest BCUT2D eigenvalue weighted by molar-refractivity contribution is 7.59. The van der Waals surface area contributed by atoms with E-state index in [4.69, 9.17) is 9.47 Å². The lowest BCUT2D eigenvalue weighted by Crippen LogP contribution is -2.42. The smallest absolute Gasteiger partial charge is 0.433 e. The molecule has 0 unspecified atom stereocenters. The molecule has 0 atom stereocenters. The number of alkyl halides is 3. The zero-order chi connectivity index (χ0) is 19.5. The van der Waals surface area contributed by atoms with Crippen LogP contribution in [-0.4, -0.2) is 41.8 Å². The molecule has 0 aromatic carbocycles. The number of hydrogen-bond acceptors (Lipinski definition) is 4. The first kappa shape index (κ1) is 23.4. The predicted octanol–water partition coefficient (Wildman–Crippen LogP) is 4.41. The third-order valence-electron chi connectivity index (χ3n) is 4.15. The van der Waals surface area contributed by atoms with E-state index in [1.807, 2.05) is 20.8 Å². The van der Waals surface area contributed by atoms with Crippen molar-refractivity contribution in [3.63, 3.8) is 0 Å². The van der Waals surface area contributed by atoms with Crippen LogP contribution in [0.1, 0.15) is 44.9 Å². The van der Waals surface area contributed by atoms with E-state index < -0.39 is 17.5 Å². The molecule has 9 heteroatoms. The number of likely N-dealkylation sites (tertiary alicyclic amines) is 1. The zero-order valence-corrected chi connectivity index (χ0v) is 17.0. The second-order valence-corrected chi connectivity index (χ2v) is 7.52. The van der Waals surface area contributed by atoms with E-state index in [2.05, 4.69) is 4.98 Å². The molecule has 0 saturated carbocycles. The summed E-state index contributed by atoms with van der Waals surface area (Å²) in [5.41, 5.74) is -0.951. The molecule has 27 heavy (non-hydrogen) atoms. The molecule has 0 radical (unpaired) electrons. The maximum absolute atomic E-state index is 13.0. The van der Waals surface area contributed by atoms with Gasteiger partial charge in [-0.05, 0) is 57.6 Å². The Hall–Kier alpha value is -1.64. The summed E-state index contributed by atoms with van der Waals surface area (Å²) in [4.78, 5) is 17.2. The lowest BCUT2D eigenvalue weighted by Gasteiger charge is -2.33. The van der Waals surface area contributed by atoms with Gasteiger partial charge in [-0.25, -0.2) is 9.78 Å². The summed E-state index contributed by atoms with van der Waals surface area (Å²) in [6.45, 7) is 6.51. The summed E-state index contributed by atoms with van der Waals surface area (Å²) >= 11 is 0. The molecule has 2 rings (SSSR count). The summed E-state index contributed by atoms with van der Waals surface area (Å²) in [6.07, 6.45) is -2.94. The Morgan fingerprint density at radius 1 is 1.22 bits per heavy atom. The summed E-state index contributed by atoms with van der Waals surface area (Å²) in [5.74, 6) is 0.155. The number of pyridine rings is 1. The molecule has 2 heterocycles.